The van der Waals surface area contributed by atoms with Gasteiger partial charge in [0.25, 0.3) is 5.91 Å². The molecule has 1 aliphatic carbocycles. The number of piperidine rings is 1. The summed E-state index contributed by atoms with van der Waals surface area (Å²) >= 11 is 3.21. The van der Waals surface area contributed by atoms with E-state index in [1.54, 1.807) is 36.2 Å². The smallest absolute Gasteiger partial charge is 0.414 e. The number of fused-ring (bicyclic) bond motifs is 1. The second kappa shape index (κ2) is 8.61. The third kappa shape index (κ3) is 4.13. The normalized spacial score (nSPS) is 25.2. The Balaban J connectivity index is 1.20. The van der Waals surface area contributed by atoms with E-state index >= 15 is 4.39 Å². The van der Waals surface area contributed by atoms with Crippen molar-refractivity contribution in [3.63, 3.8) is 0 Å². The van der Waals surface area contributed by atoms with Crippen LogP contribution in [-0.4, -0.2) is 68.2 Å². The van der Waals surface area contributed by atoms with E-state index in [1.807, 2.05) is 4.90 Å². The van der Waals surface area contributed by atoms with Crippen LogP contribution in [0.25, 0.3) is 0 Å². The lowest BCUT2D eigenvalue weighted by Gasteiger charge is -2.26. The fraction of sp³-hybridized carbons (Fsp3) is 0.435. The fourth-order valence-corrected chi connectivity index (χ4v) is 5.33. The van der Waals surface area contributed by atoms with Gasteiger partial charge >= 0.3 is 6.09 Å². The van der Waals surface area contributed by atoms with Crippen LogP contribution in [0.5, 0.6) is 0 Å². The lowest BCUT2D eigenvalue weighted by molar-refractivity contribution is -0.119. The fourth-order valence-electron chi connectivity index (χ4n) is 5.02. The monoisotopic (exact) mass is 534 g/mol. The van der Waals surface area contributed by atoms with Gasteiger partial charge in [0.15, 0.2) is 10.4 Å². The van der Waals surface area contributed by atoms with Crippen molar-refractivity contribution in [1.29, 1.82) is 0 Å². The summed E-state index contributed by atoms with van der Waals surface area (Å²) in [7, 11) is 1.77. The van der Waals surface area contributed by atoms with Gasteiger partial charge in [-0.2, -0.15) is 0 Å². The van der Waals surface area contributed by atoms with Crippen molar-refractivity contribution in [2.75, 3.05) is 43.0 Å². The summed E-state index contributed by atoms with van der Waals surface area (Å²) in [4.78, 5) is 41.0. The molecular weight excluding hydrogens is 511 g/mol. The Morgan fingerprint density at radius 2 is 1.94 bits per heavy atom. The quantitative estimate of drug-likeness (QED) is 0.612. The van der Waals surface area contributed by atoms with E-state index in [0.29, 0.717) is 29.1 Å². The Morgan fingerprint density at radius 1 is 1.21 bits per heavy atom. The number of benzene rings is 1. The first-order valence-electron chi connectivity index (χ1n) is 11.0. The Labute approximate surface area is 203 Å². The van der Waals surface area contributed by atoms with Gasteiger partial charge in [-0.1, -0.05) is 0 Å². The van der Waals surface area contributed by atoms with Crippen molar-refractivity contribution in [2.24, 2.45) is 11.8 Å². The van der Waals surface area contributed by atoms with Crippen LogP contribution >= 0.6 is 15.9 Å². The number of hydrogen-bond acceptors (Lipinski definition) is 6. The molecule has 3 fully saturated rings. The predicted octanol–water partition coefficient (Wildman–Crippen LogP) is 2.85. The number of cyclic esters (lactones) is 1. The zero-order valence-corrected chi connectivity index (χ0v) is 20.2. The second-order valence-corrected chi connectivity index (χ2v) is 9.71. The standard InChI is InChI=1S/C23H24BrFN4O5/c1-12(30)26-8-14-9-29(23(32)33-14)13-3-4-18(17(25)7-13)28-10-15-16(11-28)21(15)27(2)22(31)19-5-6-20(24)34-19/h3-7,14-16,21H,8-11H2,1-2H3,(H,26,30)/t14-,15?,16?,21?/m0/s1. The van der Waals surface area contributed by atoms with E-state index < -0.39 is 18.0 Å². The topological polar surface area (TPSA) is 95.3 Å². The minimum atomic E-state index is -0.566. The number of nitrogens with one attached hydrogen (secondary N) is 1. The number of carbonyl (C=O) groups is 3. The highest BCUT2D eigenvalue weighted by molar-refractivity contribution is 9.10. The molecule has 34 heavy (non-hydrogen) atoms. The number of nitrogens with zero attached hydrogens (tertiary/aromatic N) is 3. The molecule has 180 valence electrons. The van der Waals surface area contributed by atoms with E-state index in [4.69, 9.17) is 9.15 Å². The molecule has 1 aromatic carbocycles. The number of furan rings is 1. The number of hydrogen-bond donors (Lipinski definition) is 1. The first-order chi connectivity index (χ1) is 16.2. The molecule has 3 atom stereocenters. The lowest BCUT2D eigenvalue weighted by Crippen LogP contribution is -2.36. The van der Waals surface area contributed by atoms with Gasteiger partial charge in [-0.3, -0.25) is 14.5 Å². The van der Waals surface area contributed by atoms with Gasteiger partial charge in [-0.15, -0.1) is 0 Å². The van der Waals surface area contributed by atoms with Gasteiger partial charge in [-0.05, 0) is 46.3 Å². The SMILES string of the molecule is CC(=O)NC[C@H]1CN(c2ccc(N3CC4C(C3)C4N(C)C(=O)c3ccc(Br)o3)c(F)c2)C(=O)O1. The summed E-state index contributed by atoms with van der Waals surface area (Å²) in [5.74, 6) is 0.0434. The predicted molar refractivity (Wildman–Crippen MR) is 124 cm³/mol. The largest absolute Gasteiger partial charge is 0.444 e. The highest BCUT2D eigenvalue weighted by Gasteiger charge is 2.59. The maximum absolute atomic E-state index is 15.0. The second-order valence-electron chi connectivity index (χ2n) is 8.93. The molecule has 11 heteroatoms. The molecule has 0 bridgehead atoms. The van der Waals surface area contributed by atoms with Gasteiger partial charge < -0.3 is 24.3 Å². The summed E-state index contributed by atoms with van der Waals surface area (Å²) in [6.07, 6.45) is -1.05. The third-order valence-corrected chi connectivity index (χ3v) is 7.16. The van der Waals surface area contributed by atoms with E-state index in [9.17, 15) is 14.4 Å². The van der Waals surface area contributed by atoms with Crippen molar-refractivity contribution in [3.8, 4) is 0 Å². The number of anilines is 2. The Morgan fingerprint density at radius 3 is 2.56 bits per heavy atom. The van der Waals surface area contributed by atoms with Crippen LogP contribution in [0, 0.1) is 17.7 Å². The molecule has 2 aromatic rings. The summed E-state index contributed by atoms with van der Waals surface area (Å²) in [5.41, 5.74) is 0.884. The Kier molecular flexibility index (Phi) is 5.75. The molecule has 9 nitrogen and oxygen atoms in total. The van der Waals surface area contributed by atoms with E-state index in [0.717, 1.165) is 0 Å². The lowest BCUT2D eigenvalue weighted by atomic mass is 10.2. The van der Waals surface area contributed by atoms with Gasteiger partial charge in [0.2, 0.25) is 5.91 Å². The zero-order chi connectivity index (χ0) is 24.1. The van der Waals surface area contributed by atoms with Crippen molar-refractivity contribution >= 4 is 45.2 Å². The van der Waals surface area contributed by atoms with Gasteiger partial charge in [0.1, 0.15) is 11.9 Å². The maximum atomic E-state index is 15.0. The van der Waals surface area contributed by atoms with Gasteiger partial charge in [0, 0.05) is 44.9 Å². The van der Waals surface area contributed by atoms with Crippen LogP contribution in [-0.2, 0) is 9.53 Å². The Hall–Kier alpha value is -3.08. The first-order valence-corrected chi connectivity index (χ1v) is 11.8. The number of carbonyl (C=O) groups excluding carboxylic acids is 3. The average Bonchev–Trinajstić information content (AvgIpc) is 3.17. The molecule has 5 rings (SSSR count). The maximum Gasteiger partial charge on any atom is 0.414 e. The molecule has 0 spiro atoms. The van der Waals surface area contributed by atoms with E-state index in [1.165, 1.54) is 17.9 Å². The zero-order valence-electron chi connectivity index (χ0n) is 18.7. The van der Waals surface area contributed by atoms with Gasteiger partial charge in [-0.25, -0.2) is 9.18 Å². The molecule has 1 N–H and O–H groups in total. The summed E-state index contributed by atoms with van der Waals surface area (Å²) in [6, 6.07) is 8.15. The van der Waals surface area contributed by atoms with Crippen molar-refractivity contribution in [3.05, 3.63) is 46.6 Å². The van der Waals surface area contributed by atoms with Crippen molar-refractivity contribution < 1.29 is 27.9 Å². The van der Waals surface area contributed by atoms with Crippen molar-refractivity contribution in [2.45, 2.75) is 19.1 Å². The summed E-state index contributed by atoms with van der Waals surface area (Å²) in [6.45, 7) is 3.14. The highest BCUT2D eigenvalue weighted by Crippen LogP contribution is 2.50. The third-order valence-electron chi connectivity index (χ3n) is 6.74. The molecular formula is C23H24BrFN4O5. The molecule has 2 unspecified atom stereocenters. The van der Waals surface area contributed by atoms with Crippen LogP contribution in [0.4, 0.5) is 20.6 Å². The Bertz CT molecular complexity index is 1140. The number of ether oxygens (including phenoxy) is 1. The van der Waals surface area contributed by atoms with E-state index in [-0.39, 0.29) is 48.5 Å². The molecule has 3 heterocycles. The first kappa shape index (κ1) is 22.7. The molecule has 3 amide bonds. The molecule has 3 aliphatic rings. The van der Waals surface area contributed by atoms with Crippen LogP contribution < -0.4 is 15.1 Å². The number of rotatable bonds is 6. The minimum absolute atomic E-state index is 0.106. The van der Waals surface area contributed by atoms with Crippen LogP contribution in [0.2, 0.25) is 0 Å². The molecule has 2 aliphatic heterocycles. The van der Waals surface area contributed by atoms with Crippen LogP contribution in [0.1, 0.15) is 17.5 Å². The number of halogens is 2. The summed E-state index contributed by atoms with van der Waals surface area (Å²) < 4.78 is 26.2. The van der Waals surface area contributed by atoms with Gasteiger partial charge in [0.05, 0.1) is 24.5 Å². The van der Waals surface area contributed by atoms with E-state index in [2.05, 4.69) is 21.2 Å². The molecule has 2 saturated heterocycles. The minimum Gasteiger partial charge on any atom is -0.444 e. The molecule has 1 aromatic heterocycles. The van der Waals surface area contributed by atoms with Crippen LogP contribution in [0.15, 0.2) is 39.4 Å². The molecule has 1 saturated carbocycles. The molecule has 0 radical (unpaired) electrons. The van der Waals surface area contributed by atoms with Crippen LogP contribution in [0.3, 0.4) is 0 Å². The summed E-state index contributed by atoms with van der Waals surface area (Å²) in [5, 5.41) is 2.62. The number of amides is 3. The average molecular weight is 535 g/mol. The van der Waals surface area contributed by atoms with Crippen molar-refractivity contribution in [1.82, 2.24) is 10.2 Å². The highest BCUT2D eigenvalue weighted by atomic mass is 79.9.